The number of hydrogen-bond donors (Lipinski definition) is 0. The van der Waals surface area contributed by atoms with Crippen LogP contribution in [-0.2, 0) is 19.5 Å². The fourth-order valence-electron chi connectivity index (χ4n) is 1.66. The van der Waals surface area contributed by atoms with Crippen LogP contribution in [0.3, 0.4) is 0 Å². The number of hydrogen-bond acceptors (Lipinski definition) is 2. The van der Waals surface area contributed by atoms with Gasteiger partial charge in [-0.05, 0) is 6.42 Å². The Hall–Kier alpha value is -1.81. The predicted molar refractivity (Wildman–Crippen MR) is 54.5 cm³/mol. The molecule has 0 radical (unpaired) electrons. The van der Waals surface area contributed by atoms with Crippen molar-refractivity contribution in [2.75, 3.05) is 0 Å². The van der Waals surface area contributed by atoms with E-state index in [1.54, 1.807) is 0 Å². The predicted octanol–water partition coefficient (Wildman–Crippen LogP) is 1.17. The molecule has 78 valence electrons. The molecule has 0 fully saturated rings. The Morgan fingerprint density at radius 3 is 2.80 bits per heavy atom. The van der Waals surface area contributed by atoms with Crippen LogP contribution in [0.25, 0.3) is 0 Å². The third-order valence-corrected chi connectivity index (χ3v) is 2.33. The van der Waals surface area contributed by atoms with Crippen molar-refractivity contribution in [3.8, 4) is 12.1 Å². The van der Waals surface area contributed by atoms with Gasteiger partial charge in [-0.1, -0.05) is 6.92 Å². The van der Waals surface area contributed by atoms with Crippen LogP contribution in [0.4, 0.5) is 0 Å². The second kappa shape index (κ2) is 5.82. The molecule has 0 atom stereocenters. The van der Waals surface area contributed by atoms with Gasteiger partial charge in [-0.2, -0.15) is 10.5 Å². The third kappa shape index (κ3) is 2.82. The van der Waals surface area contributed by atoms with E-state index in [4.69, 9.17) is 10.5 Å². The van der Waals surface area contributed by atoms with Crippen LogP contribution < -0.4 is 4.57 Å². The monoisotopic (exact) mass is 203 g/mol. The average molecular weight is 203 g/mol. The molecule has 15 heavy (non-hydrogen) atoms. The van der Waals surface area contributed by atoms with Gasteiger partial charge < -0.3 is 0 Å². The number of aromatic nitrogens is 2. The van der Waals surface area contributed by atoms with Gasteiger partial charge in [0.1, 0.15) is 18.5 Å². The molecule has 0 unspecified atom stereocenters. The summed E-state index contributed by atoms with van der Waals surface area (Å²) < 4.78 is 4.07. The van der Waals surface area contributed by atoms with Crippen molar-refractivity contribution in [1.29, 1.82) is 10.5 Å². The van der Waals surface area contributed by atoms with Crippen LogP contribution >= 0.6 is 0 Å². The second-order valence-corrected chi connectivity index (χ2v) is 3.31. The van der Waals surface area contributed by atoms with Crippen molar-refractivity contribution in [2.24, 2.45) is 0 Å². The average Bonchev–Trinajstić information content (AvgIpc) is 2.62. The van der Waals surface area contributed by atoms with Crippen LogP contribution in [0.1, 0.15) is 25.6 Å². The van der Waals surface area contributed by atoms with Gasteiger partial charge in [0.15, 0.2) is 6.54 Å². The van der Waals surface area contributed by atoms with Crippen LogP contribution in [0.5, 0.6) is 0 Å². The summed E-state index contributed by atoms with van der Waals surface area (Å²) in [5.41, 5.74) is 0. The van der Waals surface area contributed by atoms with E-state index in [-0.39, 0.29) is 0 Å². The van der Waals surface area contributed by atoms with E-state index in [9.17, 15) is 0 Å². The number of aryl methyl sites for hydroxylation is 1. The first kappa shape index (κ1) is 11.3. The molecule has 0 saturated heterocycles. The van der Waals surface area contributed by atoms with E-state index >= 15 is 0 Å². The van der Waals surface area contributed by atoms with E-state index in [1.807, 2.05) is 17.0 Å². The lowest BCUT2D eigenvalue weighted by Crippen LogP contribution is -2.37. The minimum atomic E-state index is 0.397. The van der Waals surface area contributed by atoms with Crippen molar-refractivity contribution in [2.45, 2.75) is 39.3 Å². The molecular formula is C11H15N4+. The minimum Gasteiger partial charge on any atom is -0.234 e. The first-order valence-corrected chi connectivity index (χ1v) is 5.14. The Kier molecular flexibility index (Phi) is 4.37. The highest BCUT2D eigenvalue weighted by Gasteiger charge is 2.13. The van der Waals surface area contributed by atoms with Crippen molar-refractivity contribution < 1.29 is 4.57 Å². The molecule has 0 spiro atoms. The zero-order valence-corrected chi connectivity index (χ0v) is 8.98. The van der Waals surface area contributed by atoms with Gasteiger partial charge in [-0.3, -0.25) is 0 Å². The Morgan fingerprint density at radius 1 is 1.40 bits per heavy atom. The quantitative estimate of drug-likeness (QED) is 0.532. The Labute approximate surface area is 90.0 Å². The molecule has 1 rings (SSSR count). The number of nitriles is 2. The van der Waals surface area contributed by atoms with E-state index in [0.29, 0.717) is 13.0 Å². The molecule has 0 saturated carbocycles. The first-order valence-electron chi connectivity index (χ1n) is 5.14. The molecule has 0 N–H and O–H groups in total. The summed E-state index contributed by atoms with van der Waals surface area (Å²) in [6, 6.07) is 4.27. The van der Waals surface area contributed by atoms with Crippen LogP contribution in [0, 0.1) is 22.7 Å². The van der Waals surface area contributed by atoms with Crippen LogP contribution in [0.2, 0.25) is 0 Å². The SMILES string of the molecule is CCc1n(CC#N)cc[n+]1CCCC#N. The van der Waals surface area contributed by atoms with Gasteiger partial charge in [0.25, 0.3) is 5.82 Å². The lowest BCUT2D eigenvalue weighted by molar-refractivity contribution is -0.703. The molecule has 0 aliphatic heterocycles. The summed E-state index contributed by atoms with van der Waals surface area (Å²) in [6.45, 7) is 3.33. The Balaban J connectivity index is 2.72. The van der Waals surface area contributed by atoms with Crippen molar-refractivity contribution in [1.82, 2.24) is 4.57 Å². The smallest absolute Gasteiger partial charge is 0.234 e. The van der Waals surface area contributed by atoms with Gasteiger partial charge in [0.05, 0.1) is 12.6 Å². The maximum Gasteiger partial charge on any atom is 0.256 e. The van der Waals surface area contributed by atoms with Gasteiger partial charge in [-0.25, -0.2) is 9.13 Å². The molecule has 4 nitrogen and oxygen atoms in total. The first-order chi connectivity index (χ1) is 7.33. The van der Waals surface area contributed by atoms with Crippen molar-refractivity contribution >= 4 is 0 Å². The standard InChI is InChI=1S/C11H15N4/c1-2-11-14(7-4-3-5-12)9-10-15(11)8-6-13/h9-10H,2-4,7-8H2,1H3/q+1. The zero-order valence-electron chi connectivity index (χ0n) is 8.98. The molecule has 0 bridgehead atoms. The van der Waals surface area contributed by atoms with Crippen molar-refractivity contribution in [3.05, 3.63) is 18.2 Å². The summed E-state index contributed by atoms with van der Waals surface area (Å²) in [4.78, 5) is 0. The molecule has 4 heteroatoms. The second-order valence-electron chi connectivity index (χ2n) is 3.31. The Morgan fingerprint density at radius 2 is 2.20 bits per heavy atom. The van der Waals surface area contributed by atoms with Gasteiger partial charge in [-0.15, -0.1) is 0 Å². The van der Waals surface area contributed by atoms with Crippen molar-refractivity contribution in [3.63, 3.8) is 0 Å². The van der Waals surface area contributed by atoms with Gasteiger partial charge in [0.2, 0.25) is 0 Å². The maximum absolute atomic E-state index is 8.64. The molecule has 0 aliphatic rings. The fourth-order valence-corrected chi connectivity index (χ4v) is 1.66. The van der Waals surface area contributed by atoms with Gasteiger partial charge >= 0.3 is 0 Å². The lowest BCUT2D eigenvalue weighted by Gasteiger charge is -1.99. The van der Waals surface area contributed by atoms with Crippen LogP contribution in [-0.4, -0.2) is 4.57 Å². The topological polar surface area (TPSA) is 56.4 Å². The summed E-state index contributed by atoms with van der Waals surface area (Å²) in [6.07, 6.45) is 6.26. The molecule has 0 aromatic carbocycles. The largest absolute Gasteiger partial charge is 0.256 e. The highest BCUT2D eigenvalue weighted by Crippen LogP contribution is 1.98. The van der Waals surface area contributed by atoms with E-state index in [1.165, 1.54) is 0 Å². The van der Waals surface area contributed by atoms with Crippen LogP contribution in [0.15, 0.2) is 12.4 Å². The molecule has 1 aromatic heterocycles. The fraction of sp³-hybridized carbons (Fsp3) is 0.545. The summed E-state index contributed by atoms with van der Waals surface area (Å²) in [7, 11) is 0. The Bertz CT molecular complexity index is 392. The zero-order chi connectivity index (χ0) is 11.1. The summed E-state index contributed by atoms with van der Waals surface area (Å²) >= 11 is 0. The van der Waals surface area contributed by atoms with Gasteiger partial charge in [0, 0.05) is 12.8 Å². The number of nitrogens with zero attached hydrogens (tertiary/aromatic N) is 4. The molecule has 0 aliphatic carbocycles. The lowest BCUT2D eigenvalue weighted by atomic mass is 10.3. The highest BCUT2D eigenvalue weighted by atomic mass is 15.1. The highest BCUT2D eigenvalue weighted by molar-refractivity contribution is 4.87. The van der Waals surface area contributed by atoms with E-state index in [2.05, 4.69) is 23.6 Å². The van der Waals surface area contributed by atoms with E-state index in [0.717, 1.165) is 25.2 Å². The molecular weight excluding hydrogens is 188 g/mol. The molecule has 1 aromatic rings. The van der Waals surface area contributed by atoms with E-state index < -0.39 is 0 Å². The summed E-state index contributed by atoms with van der Waals surface area (Å²) in [5, 5.41) is 17.1. The number of unbranched alkanes of at least 4 members (excludes halogenated alkanes) is 1. The molecule has 0 amide bonds. The summed E-state index contributed by atoms with van der Waals surface area (Å²) in [5.74, 6) is 1.15. The maximum atomic E-state index is 8.64. The normalized spacial score (nSPS) is 9.53. The minimum absolute atomic E-state index is 0.397. The number of imidazole rings is 1. The number of rotatable bonds is 5. The molecule has 1 heterocycles. The third-order valence-electron chi connectivity index (χ3n) is 2.33.